The molecule has 92 heavy (non-hydrogen) atoms. The van der Waals surface area contributed by atoms with Gasteiger partial charge in [-0.2, -0.15) is 0 Å². The Morgan fingerprint density at radius 3 is 1.08 bits per heavy atom. The fraction of sp³-hybridized carbons (Fsp3) is 0. The highest BCUT2D eigenvalue weighted by Gasteiger charge is 2.23. The summed E-state index contributed by atoms with van der Waals surface area (Å²) in [6.07, 6.45) is 3.75. The van der Waals surface area contributed by atoms with Crippen LogP contribution in [0.3, 0.4) is 0 Å². The zero-order chi connectivity index (χ0) is 60.6. The number of hydrogen-bond acceptors (Lipinski definition) is 6. The van der Waals surface area contributed by atoms with Crippen molar-refractivity contribution in [3.63, 3.8) is 0 Å². The lowest BCUT2D eigenvalue weighted by atomic mass is 9.99. The lowest BCUT2D eigenvalue weighted by Crippen LogP contribution is -2.11. The van der Waals surface area contributed by atoms with E-state index in [-0.39, 0.29) is 0 Å². The number of fused-ring (bicyclic) bond motifs is 10. The normalized spacial score (nSPS) is 11.7. The van der Waals surface area contributed by atoms with Crippen molar-refractivity contribution in [2.75, 3.05) is 9.80 Å². The van der Waals surface area contributed by atoms with Gasteiger partial charge in [-0.1, -0.05) is 176 Å². The number of benzene rings is 13. The van der Waals surface area contributed by atoms with E-state index in [1.54, 1.807) is 0 Å². The van der Waals surface area contributed by atoms with Crippen molar-refractivity contribution in [2.24, 2.45) is 0 Å². The number of anilines is 6. The Balaban J connectivity index is 0.763. The second kappa shape index (κ2) is 21.7. The minimum atomic E-state index is 0.775. The second-order valence-corrected chi connectivity index (χ2v) is 23.4. The molecule has 13 aromatic carbocycles. The third kappa shape index (κ3) is 8.84. The molecule has 18 aromatic rings. The van der Waals surface area contributed by atoms with Crippen molar-refractivity contribution in [1.82, 2.24) is 29.1 Å². The molecule has 0 aliphatic carbocycles. The maximum Gasteiger partial charge on any atom is 0.0973 e. The third-order valence-electron chi connectivity index (χ3n) is 18.1. The Labute approximate surface area is 530 Å². The largest absolute Gasteiger partial charge is 0.309 e. The number of pyridine rings is 2. The van der Waals surface area contributed by atoms with E-state index in [4.69, 9.17) is 19.9 Å². The van der Waals surface area contributed by atoms with Gasteiger partial charge in [-0.3, -0.25) is 9.97 Å². The van der Waals surface area contributed by atoms with E-state index in [1.165, 1.54) is 54.4 Å². The van der Waals surface area contributed by atoms with Crippen LogP contribution < -0.4 is 9.80 Å². The number of rotatable bonds is 11. The summed E-state index contributed by atoms with van der Waals surface area (Å²) in [6, 6.07) is 113. The van der Waals surface area contributed by atoms with Gasteiger partial charge >= 0.3 is 0 Å². The fourth-order valence-electron chi connectivity index (χ4n) is 13.8. The van der Waals surface area contributed by atoms with Gasteiger partial charge < -0.3 is 18.9 Å². The van der Waals surface area contributed by atoms with Crippen molar-refractivity contribution in [3.05, 3.63) is 328 Å². The van der Waals surface area contributed by atoms with Gasteiger partial charge in [-0.15, -0.1) is 0 Å². The molecule has 0 fully saturated rings. The van der Waals surface area contributed by atoms with Crippen LogP contribution >= 0.6 is 0 Å². The van der Waals surface area contributed by atoms with Gasteiger partial charge in [0.1, 0.15) is 0 Å². The van der Waals surface area contributed by atoms with Crippen molar-refractivity contribution in [1.29, 1.82) is 0 Å². The smallest absolute Gasteiger partial charge is 0.0973 e. The van der Waals surface area contributed by atoms with Crippen LogP contribution in [0.5, 0.6) is 0 Å². The summed E-state index contributed by atoms with van der Waals surface area (Å²) in [4.78, 5) is 25.8. The maximum atomic E-state index is 5.62. The molecule has 8 heteroatoms. The van der Waals surface area contributed by atoms with E-state index in [1.807, 2.05) is 24.5 Å². The molecule has 0 radical (unpaired) electrons. The number of para-hydroxylation sites is 6. The van der Waals surface area contributed by atoms with Gasteiger partial charge in [-0.05, 0) is 161 Å². The molecule has 0 saturated heterocycles. The van der Waals surface area contributed by atoms with Crippen molar-refractivity contribution in [3.8, 4) is 45.0 Å². The molecular formula is C84H54N8. The van der Waals surface area contributed by atoms with Crippen LogP contribution in [-0.2, 0) is 0 Å². The zero-order valence-corrected chi connectivity index (χ0v) is 49.8. The van der Waals surface area contributed by atoms with Gasteiger partial charge in [-0.25, -0.2) is 9.97 Å². The Morgan fingerprint density at radius 1 is 0.250 bits per heavy atom. The molecule has 0 amide bonds. The van der Waals surface area contributed by atoms with Crippen LogP contribution in [0.1, 0.15) is 0 Å². The molecule has 0 unspecified atom stereocenters. The first-order chi connectivity index (χ1) is 45.6. The number of hydrogen-bond donors (Lipinski definition) is 0. The quantitative estimate of drug-likeness (QED) is 0.129. The standard InChI is InChI=1S/C84H54N8/c1-2-16-60-53-61(32-31-55(60)15-1)62-37-50-73-74(54-62)88-84(59-35-40-64(41-36-59)90(80-30-12-18-57-20-14-52-86-82(57)80)66-44-48-68(49-45-66)92-77-27-9-5-23-71(77)72-24-6-10-28-78(72)92)83(87-73)58-33-38-63(39-34-58)89(79-29-11-17-56-19-13-51-85-81(56)79)65-42-46-67(47-43-65)91-75-25-7-3-21-69(75)70-22-4-8-26-76(70)91/h1-54H. The summed E-state index contributed by atoms with van der Waals surface area (Å²) in [5.74, 6) is 0. The highest BCUT2D eigenvalue weighted by atomic mass is 15.2. The van der Waals surface area contributed by atoms with E-state index in [0.29, 0.717) is 0 Å². The molecule has 0 bridgehead atoms. The summed E-state index contributed by atoms with van der Waals surface area (Å²) in [7, 11) is 0. The zero-order valence-electron chi connectivity index (χ0n) is 49.8. The first kappa shape index (κ1) is 52.6. The molecule has 0 atom stereocenters. The van der Waals surface area contributed by atoms with Crippen LogP contribution in [0.4, 0.5) is 34.1 Å². The molecule has 0 aliphatic heterocycles. The molecule has 5 heterocycles. The SMILES string of the molecule is c1ccc2cc(-c3ccc4nc(-c5ccc(N(c6ccc(-n7c8ccccc8c8ccccc87)cc6)c6cccc7cccnc67)cc5)c(-c5ccc(N(c6ccc(-n7c8ccccc8c8ccccc87)cc6)c6cccc7cccnc67)cc5)nc4c3)ccc2c1. The molecule has 18 rings (SSSR count). The molecule has 0 saturated carbocycles. The summed E-state index contributed by atoms with van der Waals surface area (Å²) in [5.41, 5.74) is 21.8. The summed E-state index contributed by atoms with van der Waals surface area (Å²) >= 11 is 0. The van der Waals surface area contributed by atoms with Crippen LogP contribution in [0.2, 0.25) is 0 Å². The second-order valence-electron chi connectivity index (χ2n) is 23.4. The minimum absolute atomic E-state index is 0.775. The third-order valence-corrected chi connectivity index (χ3v) is 18.1. The van der Waals surface area contributed by atoms with E-state index >= 15 is 0 Å². The molecule has 0 N–H and O–H groups in total. The van der Waals surface area contributed by atoms with Crippen molar-refractivity contribution >= 4 is 121 Å². The Morgan fingerprint density at radius 2 is 0.609 bits per heavy atom. The highest BCUT2D eigenvalue weighted by Crippen LogP contribution is 2.44. The average molecular weight is 1180 g/mol. The van der Waals surface area contributed by atoms with Crippen LogP contribution in [0.25, 0.3) is 132 Å². The topological polar surface area (TPSA) is 67.9 Å². The molecule has 0 spiro atoms. The molecule has 0 aliphatic rings. The molecule has 5 aromatic heterocycles. The number of aromatic nitrogens is 6. The monoisotopic (exact) mass is 1170 g/mol. The lowest BCUT2D eigenvalue weighted by molar-refractivity contribution is 1.17. The van der Waals surface area contributed by atoms with E-state index in [0.717, 1.165) is 112 Å². The lowest BCUT2D eigenvalue weighted by Gasteiger charge is -2.27. The van der Waals surface area contributed by atoms with Gasteiger partial charge in [0, 0.05) is 90.0 Å². The van der Waals surface area contributed by atoms with E-state index in [2.05, 4.69) is 322 Å². The van der Waals surface area contributed by atoms with Crippen LogP contribution in [0.15, 0.2) is 328 Å². The van der Waals surface area contributed by atoms with Gasteiger partial charge in [0.2, 0.25) is 0 Å². The summed E-state index contributed by atoms with van der Waals surface area (Å²) in [6.45, 7) is 0. The average Bonchev–Trinajstić information content (AvgIpc) is 2.11. The summed E-state index contributed by atoms with van der Waals surface area (Å²) < 4.78 is 4.72. The van der Waals surface area contributed by atoms with Crippen LogP contribution in [-0.4, -0.2) is 29.1 Å². The molecule has 8 nitrogen and oxygen atoms in total. The Kier molecular flexibility index (Phi) is 12.4. The maximum absolute atomic E-state index is 5.62. The Bertz CT molecular complexity index is 5770. The predicted molar refractivity (Wildman–Crippen MR) is 382 cm³/mol. The van der Waals surface area contributed by atoms with Gasteiger partial charge in [0.05, 0.1) is 66.9 Å². The number of nitrogens with zero attached hydrogens (tertiary/aromatic N) is 8. The van der Waals surface area contributed by atoms with Gasteiger partial charge in [0.25, 0.3) is 0 Å². The molecule has 430 valence electrons. The van der Waals surface area contributed by atoms with Gasteiger partial charge in [0.15, 0.2) is 0 Å². The van der Waals surface area contributed by atoms with E-state index in [9.17, 15) is 0 Å². The highest BCUT2D eigenvalue weighted by molar-refractivity contribution is 6.11. The van der Waals surface area contributed by atoms with Crippen molar-refractivity contribution in [2.45, 2.75) is 0 Å². The first-order valence-electron chi connectivity index (χ1n) is 31.1. The minimum Gasteiger partial charge on any atom is -0.309 e. The first-order valence-corrected chi connectivity index (χ1v) is 31.1. The predicted octanol–water partition coefficient (Wildman–Crippen LogP) is 22.0. The molecular weight excluding hydrogens is 1120 g/mol. The van der Waals surface area contributed by atoms with Crippen molar-refractivity contribution < 1.29 is 0 Å². The fourth-order valence-corrected chi connectivity index (χ4v) is 13.8. The van der Waals surface area contributed by atoms with E-state index < -0.39 is 0 Å². The van der Waals surface area contributed by atoms with Crippen LogP contribution in [0, 0.1) is 0 Å². The summed E-state index contributed by atoms with van der Waals surface area (Å²) in [5, 5.41) is 9.43. The Hall–Kier alpha value is -12.5.